The van der Waals surface area contributed by atoms with E-state index in [0.29, 0.717) is 18.7 Å². The van der Waals surface area contributed by atoms with Crippen molar-refractivity contribution in [3.05, 3.63) is 54.0 Å². The summed E-state index contributed by atoms with van der Waals surface area (Å²) in [5.74, 6) is -1.02. The van der Waals surface area contributed by atoms with Crippen LogP contribution < -0.4 is 5.32 Å². The zero-order valence-corrected chi connectivity index (χ0v) is 13.3. The number of hydrogen-bond donors (Lipinski definition) is 2. The van der Waals surface area contributed by atoms with Crippen molar-refractivity contribution in [3.8, 4) is 0 Å². The first-order valence-electron chi connectivity index (χ1n) is 7.51. The molecule has 126 valence electrons. The van der Waals surface area contributed by atoms with Crippen LogP contribution in [0, 0.1) is 0 Å². The fourth-order valence-electron chi connectivity index (χ4n) is 2.27. The van der Waals surface area contributed by atoms with Crippen LogP contribution in [0.5, 0.6) is 0 Å². The molecule has 1 atom stereocenters. The summed E-state index contributed by atoms with van der Waals surface area (Å²) < 4.78 is 4.62. The summed E-state index contributed by atoms with van der Waals surface area (Å²) in [6.07, 6.45) is 3.91. The van der Waals surface area contributed by atoms with Gasteiger partial charge in [-0.2, -0.15) is 0 Å². The smallest absolute Gasteiger partial charge is 0.358 e. The summed E-state index contributed by atoms with van der Waals surface area (Å²) in [4.78, 5) is 30.5. The van der Waals surface area contributed by atoms with Gasteiger partial charge in [0.15, 0.2) is 5.69 Å². The van der Waals surface area contributed by atoms with E-state index < -0.39 is 11.9 Å². The van der Waals surface area contributed by atoms with Crippen molar-refractivity contribution in [1.29, 1.82) is 0 Å². The number of ether oxygens (including phenoxy) is 1. The fraction of sp³-hybridized carbons (Fsp3) is 0.294. The Morgan fingerprint density at radius 3 is 2.67 bits per heavy atom. The number of rotatable bonds is 8. The summed E-state index contributed by atoms with van der Waals surface area (Å²) in [6.45, 7) is 0. The van der Waals surface area contributed by atoms with Crippen LogP contribution >= 0.6 is 0 Å². The van der Waals surface area contributed by atoms with E-state index in [4.69, 9.17) is 5.11 Å². The second kappa shape index (κ2) is 8.61. The normalized spacial score (nSPS) is 11.5. The molecular formula is C17H19N3O4. The molecule has 1 unspecified atom stereocenters. The summed E-state index contributed by atoms with van der Waals surface area (Å²) in [7, 11) is 1.27. The van der Waals surface area contributed by atoms with Gasteiger partial charge in [-0.25, -0.2) is 9.78 Å². The van der Waals surface area contributed by atoms with Crippen LogP contribution in [0.2, 0.25) is 0 Å². The van der Waals surface area contributed by atoms with Crippen molar-refractivity contribution in [2.24, 2.45) is 0 Å². The van der Waals surface area contributed by atoms with Crippen molar-refractivity contribution in [2.75, 3.05) is 12.4 Å². The van der Waals surface area contributed by atoms with Gasteiger partial charge in [0.05, 0.1) is 19.5 Å². The van der Waals surface area contributed by atoms with E-state index in [2.05, 4.69) is 20.0 Å². The quantitative estimate of drug-likeness (QED) is 0.715. The van der Waals surface area contributed by atoms with Gasteiger partial charge < -0.3 is 15.2 Å². The Morgan fingerprint density at radius 2 is 2.00 bits per heavy atom. The summed E-state index contributed by atoms with van der Waals surface area (Å²) in [6, 6.07) is 9.60. The summed E-state index contributed by atoms with van der Waals surface area (Å²) in [5.41, 5.74) is 1.18. The lowest BCUT2D eigenvalue weighted by atomic mass is 10.0. The Hall–Kier alpha value is -2.96. The van der Waals surface area contributed by atoms with Crippen molar-refractivity contribution in [3.63, 3.8) is 0 Å². The number of methoxy groups -OCH3 is 1. The van der Waals surface area contributed by atoms with E-state index in [0.717, 1.165) is 5.56 Å². The lowest BCUT2D eigenvalue weighted by Gasteiger charge is -2.19. The maximum Gasteiger partial charge on any atom is 0.358 e. The standard InChI is InChI=1S/C17H19N3O4/c1-24-17(23)14-10-18-11-15(20-14)19-13(7-8-16(21)22)9-12-5-3-2-4-6-12/h2-6,10-11,13H,7-9H2,1H3,(H,19,20)(H,21,22). The molecule has 7 heteroatoms. The van der Waals surface area contributed by atoms with Gasteiger partial charge >= 0.3 is 11.9 Å². The molecule has 0 aliphatic rings. The van der Waals surface area contributed by atoms with Gasteiger partial charge in [-0.1, -0.05) is 30.3 Å². The summed E-state index contributed by atoms with van der Waals surface area (Å²) in [5, 5.41) is 12.1. The number of benzene rings is 1. The van der Waals surface area contributed by atoms with Gasteiger partial charge in [-0.15, -0.1) is 0 Å². The van der Waals surface area contributed by atoms with Crippen LogP contribution in [0.25, 0.3) is 0 Å². The van der Waals surface area contributed by atoms with Gasteiger partial charge in [0.25, 0.3) is 0 Å². The molecule has 0 amide bonds. The number of carbonyl (C=O) groups is 2. The molecule has 2 aromatic rings. The number of nitrogens with one attached hydrogen (secondary N) is 1. The topological polar surface area (TPSA) is 101 Å². The van der Waals surface area contributed by atoms with Gasteiger partial charge in [-0.3, -0.25) is 9.78 Å². The van der Waals surface area contributed by atoms with Crippen LogP contribution in [0.1, 0.15) is 28.9 Å². The molecule has 0 bridgehead atoms. The van der Waals surface area contributed by atoms with E-state index in [1.165, 1.54) is 19.5 Å². The molecule has 24 heavy (non-hydrogen) atoms. The van der Waals surface area contributed by atoms with Crippen molar-refractivity contribution >= 4 is 17.8 Å². The van der Waals surface area contributed by atoms with Crippen molar-refractivity contribution in [2.45, 2.75) is 25.3 Å². The van der Waals surface area contributed by atoms with Gasteiger partial charge in [0.1, 0.15) is 5.82 Å². The monoisotopic (exact) mass is 329 g/mol. The van der Waals surface area contributed by atoms with E-state index >= 15 is 0 Å². The highest BCUT2D eigenvalue weighted by atomic mass is 16.5. The van der Waals surface area contributed by atoms with Crippen LogP contribution in [0.4, 0.5) is 5.82 Å². The molecule has 2 rings (SSSR count). The molecule has 0 spiro atoms. The maximum atomic E-state index is 11.5. The van der Waals surface area contributed by atoms with Gasteiger partial charge in [-0.05, 0) is 18.4 Å². The molecule has 0 radical (unpaired) electrons. The SMILES string of the molecule is COC(=O)c1cncc(NC(CCC(=O)O)Cc2ccccc2)n1. The molecule has 0 saturated heterocycles. The molecule has 1 aromatic heterocycles. The van der Waals surface area contributed by atoms with Gasteiger partial charge in [0, 0.05) is 12.5 Å². The summed E-state index contributed by atoms with van der Waals surface area (Å²) >= 11 is 0. The van der Waals surface area contributed by atoms with Crippen molar-refractivity contribution in [1.82, 2.24) is 9.97 Å². The van der Waals surface area contributed by atoms with Crippen molar-refractivity contribution < 1.29 is 19.4 Å². The van der Waals surface area contributed by atoms with E-state index in [9.17, 15) is 9.59 Å². The predicted octanol–water partition coefficient (Wildman–Crippen LogP) is 2.15. The highest BCUT2D eigenvalue weighted by molar-refractivity contribution is 5.87. The van der Waals surface area contributed by atoms with E-state index in [1.54, 1.807) is 0 Å². The Bertz CT molecular complexity index is 691. The highest BCUT2D eigenvalue weighted by Gasteiger charge is 2.14. The van der Waals surface area contributed by atoms with Crippen LogP contribution in [0.15, 0.2) is 42.7 Å². The second-order valence-corrected chi connectivity index (χ2v) is 5.24. The lowest BCUT2D eigenvalue weighted by Crippen LogP contribution is -2.24. The predicted molar refractivity (Wildman–Crippen MR) is 87.8 cm³/mol. The van der Waals surface area contributed by atoms with Crippen LogP contribution in [-0.4, -0.2) is 40.2 Å². The number of aliphatic carboxylic acids is 1. The zero-order chi connectivity index (χ0) is 17.4. The van der Waals surface area contributed by atoms with Crippen LogP contribution in [0.3, 0.4) is 0 Å². The Balaban J connectivity index is 2.12. The average Bonchev–Trinajstić information content (AvgIpc) is 2.60. The first kappa shape index (κ1) is 17.4. The Labute approximate surface area is 139 Å². The third kappa shape index (κ3) is 5.35. The number of carboxylic acid groups (broad SMARTS) is 1. The minimum Gasteiger partial charge on any atom is -0.481 e. The number of carbonyl (C=O) groups excluding carboxylic acids is 1. The number of aromatic nitrogens is 2. The van der Waals surface area contributed by atoms with E-state index in [1.807, 2.05) is 30.3 Å². The molecule has 0 fully saturated rings. The highest BCUT2D eigenvalue weighted by Crippen LogP contribution is 2.13. The number of esters is 1. The first-order chi connectivity index (χ1) is 11.6. The lowest BCUT2D eigenvalue weighted by molar-refractivity contribution is -0.137. The number of anilines is 1. The largest absolute Gasteiger partial charge is 0.481 e. The Kier molecular flexibility index (Phi) is 6.24. The molecule has 0 aliphatic carbocycles. The maximum absolute atomic E-state index is 11.5. The molecule has 0 saturated carbocycles. The second-order valence-electron chi connectivity index (χ2n) is 5.24. The molecular weight excluding hydrogens is 310 g/mol. The van der Waals surface area contributed by atoms with Crippen LogP contribution in [-0.2, 0) is 16.0 Å². The first-order valence-corrected chi connectivity index (χ1v) is 7.51. The zero-order valence-electron chi connectivity index (χ0n) is 13.3. The molecule has 7 nitrogen and oxygen atoms in total. The van der Waals surface area contributed by atoms with Gasteiger partial charge in [0.2, 0.25) is 0 Å². The average molecular weight is 329 g/mol. The minimum atomic E-state index is -0.857. The fourth-order valence-corrected chi connectivity index (χ4v) is 2.27. The number of nitrogens with zero attached hydrogens (tertiary/aromatic N) is 2. The third-order valence-electron chi connectivity index (χ3n) is 3.41. The Morgan fingerprint density at radius 1 is 1.25 bits per heavy atom. The molecule has 1 heterocycles. The molecule has 0 aliphatic heterocycles. The third-order valence-corrected chi connectivity index (χ3v) is 3.41. The number of hydrogen-bond acceptors (Lipinski definition) is 6. The minimum absolute atomic E-state index is 0.0363. The number of carboxylic acids is 1. The molecule has 1 aromatic carbocycles. The van der Waals surface area contributed by atoms with E-state index in [-0.39, 0.29) is 18.2 Å². The molecule has 2 N–H and O–H groups in total.